The quantitative estimate of drug-likeness (QED) is 0.715. The van der Waals surface area contributed by atoms with E-state index in [1.165, 1.54) is 18.4 Å². The molecular formula is C14H19N3O5S. The molecular weight excluding hydrogens is 322 g/mol. The summed E-state index contributed by atoms with van der Waals surface area (Å²) in [6.07, 6.45) is 6.26. The Bertz CT molecular complexity index is 693. The number of hydrogen-bond acceptors (Lipinski definition) is 5. The van der Waals surface area contributed by atoms with Crippen LogP contribution in [0.1, 0.15) is 26.2 Å². The smallest absolute Gasteiger partial charge is 0.326 e. The highest BCUT2D eigenvalue weighted by atomic mass is 32.2. The van der Waals surface area contributed by atoms with Gasteiger partial charge in [0.1, 0.15) is 11.9 Å². The maximum Gasteiger partial charge on any atom is 0.326 e. The van der Waals surface area contributed by atoms with E-state index in [1.54, 1.807) is 4.90 Å². The average Bonchev–Trinajstić information content (AvgIpc) is 2.49. The molecule has 2 heterocycles. The van der Waals surface area contributed by atoms with Crippen molar-refractivity contribution in [2.45, 2.75) is 32.2 Å². The lowest BCUT2D eigenvalue weighted by molar-refractivity contribution is -0.141. The van der Waals surface area contributed by atoms with Crippen LogP contribution in [0.4, 0.5) is 0 Å². The van der Waals surface area contributed by atoms with Crippen molar-refractivity contribution in [2.75, 3.05) is 12.3 Å². The van der Waals surface area contributed by atoms with Crippen molar-refractivity contribution in [3.05, 3.63) is 23.9 Å². The average molecular weight is 341 g/mol. The molecule has 0 aromatic carbocycles. The number of amidine groups is 1. The summed E-state index contributed by atoms with van der Waals surface area (Å²) >= 11 is 0. The number of nitrogens with zero attached hydrogens (tertiary/aromatic N) is 2. The molecule has 1 amide bonds. The summed E-state index contributed by atoms with van der Waals surface area (Å²) in [6.45, 7) is 2.15. The number of carboxylic acids is 1. The van der Waals surface area contributed by atoms with E-state index in [4.69, 9.17) is 5.11 Å². The molecule has 0 saturated carbocycles. The minimum absolute atomic E-state index is 0.121. The van der Waals surface area contributed by atoms with Crippen LogP contribution in [-0.2, 0) is 19.6 Å². The fourth-order valence-corrected chi connectivity index (χ4v) is 3.21. The molecule has 2 rings (SSSR count). The van der Waals surface area contributed by atoms with Crippen molar-refractivity contribution in [3.8, 4) is 0 Å². The van der Waals surface area contributed by atoms with Crippen LogP contribution in [-0.4, -0.2) is 54.5 Å². The third-order valence-corrected chi connectivity index (χ3v) is 4.70. The highest BCUT2D eigenvalue weighted by Gasteiger charge is 2.26. The zero-order valence-corrected chi connectivity index (χ0v) is 13.5. The summed E-state index contributed by atoms with van der Waals surface area (Å²) in [5.74, 6) is -1.44. The third-order valence-electron chi connectivity index (χ3n) is 3.54. The zero-order valence-electron chi connectivity index (χ0n) is 12.7. The van der Waals surface area contributed by atoms with E-state index in [0.717, 1.165) is 6.42 Å². The van der Waals surface area contributed by atoms with E-state index in [2.05, 4.69) is 9.71 Å². The number of carboxylic acid groups (broad SMARTS) is 1. The van der Waals surface area contributed by atoms with Crippen LogP contribution >= 0.6 is 0 Å². The largest absolute Gasteiger partial charge is 0.480 e. The van der Waals surface area contributed by atoms with Crippen molar-refractivity contribution >= 4 is 27.7 Å². The van der Waals surface area contributed by atoms with Gasteiger partial charge in [0.25, 0.3) is 15.9 Å². The molecule has 8 nitrogen and oxygen atoms in total. The maximum atomic E-state index is 12.2. The van der Waals surface area contributed by atoms with Crippen LogP contribution in [0.3, 0.4) is 0 Å². The van der Waals surface area contributed by atoms with Crippen molar-refractivity contribution in [3.63, 3.8) is 0 Å². The number of sulfonamides is 1. The first kappa shape index (κ1) is 17.2. The number of amides is 1. The second-order valence-electron chi connectivity index (χ2n) is 5.35. The van der Waals surface area contributed by atoms with Crippen molar-refractivity contribution in [2.24, 2.45) is 4.40 Å². The van der Waals surface area contributed by atoms with Gasteiger partial charge in [0.2, 0.25) is 0 Å². The van der Waals surface area contributed by atoms with E-state index in [0.29, 0.717) is 12.8 Å². The Labute approximate surface area is 134 Å². The number of carbonyl (C=O) groups is 2. The number of fused-ring (bicyclic) bond motifs is 1. The van der Waals surface area contributed by atoms with E-state index >= 15 is 0 Å². The van der Waals surface area contributed by atoms with Crippen molar-refractivity contribution in [1.82, 2.24) is 10.2 Å². The summed E-state index contributed by atoms with van der Waals surface area (Å²) < 4.78 is 26.5. The number of rotatable bonds is 6. The Hall–Kier alpha value is -2.16. The molecule has 1 unspecified atom stereocenters. The number of hydrogen-bond donors (Lipinski definition) is 2. The Morgan fingerprint density at radius 1 is 1.43 bits per heavy atom. The molecule has 0 saturated heterocycles. The summed E-state index contributed by atoms with van der Waals surface area (Å²) in [4.78, 5) is 24.9. The Morgan fingerprint density at radius 3 is 2.83 bits per heavy atom. The van der Waals surface area contributed by atoms with Gasteiger partial charge in [0, 0.05) is 12.7 Å². The van der Waals surface area contributed by atoms with Gasteiger partial charge in [0.15, 0.2) is 0 Å². The van der Waals surface area contributed by atoms with E-state index in [-0.39, 0.29) is 23.7 Å². The first-order valence-electron chi connectivity index (χ1n) is 7.35. The molecule has 0 radical (unpaired) electrons. The van der Waals surface area contributed by atoms with Gasteiger partial charge in [-0.05, 0) is 18.6 Å². The first-order chi connectivity index (χ1) is 10.8. The standard InChI is InChI=1S/C14H19N3O5S/c1-2-3-4-11(14(19)20)15-13(18)10-5-6-12-16-23(21,22)8-7-17(12)9-10/h5-6,9,11H,2-4,7-8H2,1H3,(H,15,18)(H,19,20). The topological polar surface area (TPSA) is 116 Å². The Kier molecular flexibility index (Phi) is 5.19. The fourth-order valence-electron chi connectivity index (χ4n) is 2.24. The van der Waals surface area contributed by atoms with Crippen LogP contribution in [0.15, 0.2) is 28.3 Å². The van der Waals surface area contributed by atoms with Gasteiger partial charge < -0.3 is 15.3 Å². The number of carbonyl (C=O) groups excluding carboxylic acids is 1. The van der Waals surface area contributed by atoms with Gasteiger partial charge in [0.05, 0.1) is 11.3 Å². The van der Waals surface area contributed by atoms with Crippen molar-refractivity contribution < 1.29 is 23.1 Å². The van der Waals surface area contributed by atoms with E-state index in [9.17, 15) is 18.0 Å². The summed E-state index contributed by atoms with van der Waals surface area (Å²) in [6, 6.07) is -0.937. The normalized spacial score (nSPS) is 20.1. The lowest BCUT2D eigenvalue weighted by Gasteiger charge is -2.27. The van der Waals surface area contributed by atoms with Crippen LogP contribution < -0.4 is 5.32 Å². The van der Waals surface area contributed by atoms with Gasteiger partial charge in [-0.1, -0.05) is 19.8 Å². The minimum atomic E-state index is -3.44. The zero-order chi connectivity index (χ0) is 17.0. The van der Waals surface area contributed by atoms with Gasteiger partial charge in [-0.25, -0.2) is 13.2 Å². The number of nitrogens with one attached hydrogen (secondary N) is 1. The summed E-state index contributed by atoms with van der Waals surface area (Å²) in [5.41, 5.74) is 0.269. The minimum Gasteiger partial charge on any atom is -0.480 e. The Morgan fingerprint density at radius 2 is 2.17 bits per heavy atom. The molecule has 2 aliphatic rings. The molecule has 23 heavy (non-hydrogen) atoms. The Balaban J connectivity index is 2.08. The van der Waals surface area contributed by atoms with Gasteiger partial charge in [-0.2, -0.15) is 0 Å². The molecule has 0 spiro atoms. The molecule has 2 aliphatic heterocycles. The molecule has 126 valence electrons. The lowest BCUT2D eigenvalue weighted by Crippen LogP contribution is -2.43. The number of unbranched alkanes of at least 4 members (excludes halogenated alkanes) is 1. The van der Waals surface area contributed by atoms with Crippen LogP contribution in [0.2, 0.25) is 0 Å². The van der Waals surface area contributed by atoms with Crippen molar-refractivity contribution in [1.29, 1.82) is 0 Å². The monoisotopic (exact) mass is 341 g/mol. The predicted molar refractivity (Wildman–Crippen MR) is 84.2 cm³/mol. The van der Waals surface area contributed by atoms with E-state index in [1.807, 2.05) is 6.92 Å². The first-order valence-corrected chi connectivity index (χ1v) is 8.96. The van der Waals surface area contributed by atoms with Crippen LogP contribution in [0, 0.1) is 0 Å². The summed E-state index contributed by atoms with van der Waals surface area (Å²) in [7, 11) is -3.44. The fraction of sp³-hybridized carbons (Fsp3) is 0.500. The van der Waals surface area contributed by atoms with Crippen LogP contribution in [0.5, 0.6) is 0 Å². The summed E-state index contributed by atoms with van der Waals surface area (Å²) in [5, 5.41) is 11.6. The van der Waals surface area contributed by atoms with Gasteiger partial charge >= 0.3 is 5.97 Å². The molecule has 0 fully saturated rings. The third kappa shape index (κ3) is 4.41. The SMILES string of the molecule is CCCCC(NC(=O)C1=CN2CCS(=O)(=O)N=C2C=C1)C(=O)O. The van der Waals surface area contributed by atoms with Gasteiger partial charge in [-0.3, -0.25) is 4.79 Å². The second kappa shape index (κ2) is 6.95. The molecule has 0 aliphatic carbocycles. The maximum absolute atomic E-state index is 12.2. The molecule has 0 bridgehead atoms. The predicted octanol–water partition coefficient (Wildman–Crippen LogP) is 0.244. The highest BCUT2D eigenvalue weighted by Crippen LogP contribution is 2.16. The molecule has 9 heteroatoms. The van der Waals surface area contributed by atoms with E-state index < -0.39 is 27.9 Å². The second-order valence-corrected chi connectivity index (χ2v) is 7.11. The molecule has 0 aromatic rings. The molecule has 1 atom stereocenters. The number of aliphatic carboxylic acids is 1. The molecule has 0 aromatic heterocycles. The molecule has 2 N–H and O–H groups in total. The van der Waals surface area contributed by atoms with Crippen LogP contribution in [0.25, 0.3) is 0 Å². The lowest BCUT2D eigenvalue weighted by atomic mass is 10.1. The highest BCUT2D eigenvalue weighted by molar-refractivity contribution is 7.90. The van der Waals surface area contributed by atoms with Gasteiger partial charge in [-0.15, -0.1) is 4.40 Å².